The minimum Gasteiger partial charge on any atom is -0.490 e. The minimum absolute atomic E-state index is 0. The highest BCUT2D eigenvalue weighted by Gasteiger charge is 2.22. The van der Waals surface area contributed by atoms with Gasteiger partial charge < -0.3 is 19.7 Å². The maximum atomic E-state index is 6.06. The molecule has 1 aliphatic heterocycles. The quantitative estimate of drug-likeness (QED) is 0.403. The van der Waals surface area contributed by atoms with Crippen molar-refractivity contribution in [2.45, 2.75) is 25.5 Å². The van der Waals surface area contributed by atoms with Crippen molar-refractivity contribution in [2.24, 2.45) is 4.99 Å². The van der Waals surface area contributed by atoms with Crippen LogP contribution >= 0.6 is 24.0 Å². The monoisotopic (exact) mass is 482 g/mol. The van der Waals surface area contributed by atoms with Crippen LogP contribution in [0, 0.1) is 0 Å². The summed E-state index contributed by atoms with van der Waals surface area (Å²) >= 11 is 0. The number of nitrogens with zero attached hydrogens (tertiary/aromatic N) is 3. The molecule has 1 aromatic carbocycles. The molecule has 0 bridgehead atoms. The fourth-order valence-electron chi connectivity index (χ4n) is 3.05. The zero-order chi connectivity index (χ0) is 18.2. The van der Waals surface area contributed by atoms with Gasteiger partial charge in [-0.3, -0.25) is 4.99 Å². The van der Waals surface area contributed by atoms with Crippen LogP contribution < -0.4 is 14.8 Å². The van der Waals surface area contributed by atoms with E-state index in [4.69, 9.17) is 9.47 Å². The van der Waals surface area contributed by atoms with E-state index in [1.807, 2.05) is 55.6 Å². The highest BCUT2D eigenvalue weighted by Crippen LogP contribution is 2.18. The van der Waals surface area contributed by atoms with Gasteiger partial charge >= 0.3 is 0 Å². The van der Waals surface area contributed by atoms with Crippen LogP contribution in [-0.2, 0) is 6.54 Å². The van der Waals surface area contributed by atoms with Crippen molar-refractivity contribution in [3.8, 4) is 11.6 Å². The van der Waals surface area contributed by atoms with Gasteiger partial charge in [0.15, 0.2) is 5.96 Å². The summed E-state index contributed by atoms with van der Waals surface area (Å²) in [4.78, 5) is 11.1. The Hall–Kier alpha value is -2.03. The molecule has 1 aromatic heterocycles. The van der Waals surface area contributed by atoms with Gasteiger partial charge in [-0.05, 0) is 18.2 Å². The number of para-hydroxylation sites is 1. The maximum absolute atomic E-state index is 6.06. The Balaban J connectivity index is 0.00000261. The van der Waals surface area contributed by atoms with Crippen molar-refractivity contribution >= 4 is 29.9 Å². The molecular formula is C20H27IN4O2. The van der Waals surface area contributed by atoms with Crippen molar-refractivity contribution in [1.82, 2.24) is 15.2 Å². The molecule has 0 radical (unpaired) electrons. The average molecular weight is 482 g/mol. The van der Waals surface area contributed by atoms with Crippen LogP contribution in [-0.4, -0.2) is 49.2 Å². The van der Waals surface area contributed by atoms with E-state index in [0.29, 0.717) is 12.4 Å². The summed E-state index contributed by atoms with van der Waals surface area (Å²) in [5.41, 5.74) is 0.924. The van der Waals surface area contributed by atoms with Crippen molar-refractivity contribution in [2.75, 3.05) is 27.2 Å². The topological polar surface area (TPSA) is 59.0 Å². The van der Waals surface area contributed by atoms with Gasteiger partial charge in [-0.2, -0.15) is 0 Å². The standard InChI is InChI=1S/C20H26N4O2.HI/c1-21-20(22-15-16-7-6-10-19(23-16)25-2)24-13-11-18(12-14-24)26-17-8-4-3-5-9-17;/h3-10,18H,11-15H2,1-2H3,(H,21,22);1H. The molecule has 0 atom stereocenters. The van der Waals surface area contributed by atoms with Crippen LogP contribution in [0.1, 0.15) is 18.5 Å². The number of pyridine rings is 1. The first-order chi connectivity index (χ1) is 12.8. The molecule has 0 saturated carbocycles. The Kier molecular flexibility index (Phi) is 8.63. The summed E-state index contributed by atoms with van der Waals surface area (Å²) in [6.45, 7) is 2.45. The predicted molar refractivity (Wildman–Crippen MR) is 118 cm³/mol. The molecule has 0 amide bonds. The molecule has 1 saturated heterocycles. The second kappa shape index (κ2) is 11.0. The Bertz CT molecular complexity index is 719. The Labute approximate surface area is 178 Å². The average Bonchev–Trinajstić information content (AvgIpc) is 2.70. The van der Waals surface area contributed by atoms with Gasteiger partial charge in [-0.25, -0.2) is 4.98 Å². The van der Waals surface area contributed by atoms with Crippen LogP contribution in [0.4, 0.5) is 0 Å². The Morgan fingerprint density at radius 2 is 1.89 bits per heavy atom. The third-order valence-corrected chi connectivity index (χ3v) is 4.42. The van der Waals surface area contributed by atoms with Gasteiger partial charge in [-0.1, -0.05) is 24.3 Å². The van der Waals surface area contributed by atoms with E-state index in [1.54, 1.807) is 7.11 Å². The van der Waals surface area contributed by atoms with Gasteiger partial charge in [-0.15, -0.1) is 24.0 Å². The molecule has 0 aliphatic carbocycles. The number of hydrogen-bond donors (Lipinski definition) is 1. The van der Waals surface area contributed by atoms with Crippen LogP contribution in [0.5, 0.6) is 11.6 Å². The number of rotatable bonds is 5. The smallest absolute Gasteiger partial charge is 0.213 e. The zero-order valence-corrected chi connectivity index (χ0v) is 18.1. The van der Waals surface area contributed by atoms with Crippen molar-refractivity contribution < 1.29 is 9.47 Å². The summed E-state index contributed by atoms with van der Waals surface area (Å²) in [7, 11) is 3.44. The molecule has 2 heterocycles. The summed E-state index contributed by atoms with van der Waals surface area (Å²) in [6.07, 6.45) is 2.21. The molecule has 0 unspecified atom stereocenters. The number of halogens is 1. The lowest BCUT2D eigenvalue weighted by Gasteiger charge is -2.34. The molecule has 1 N–H and O–H groups in total. The normalized spacial score (nSPS) is 15.0. The second-order valence-corrected chi connectivity index (χ2v) is 6.19. The van der Waals surface area contributed by atoms with E-state index < -0.39 is 0 Å². The van der Waals surface area contributed by atoms with E-state index in [9.17, 15) is 0 Å². The molecule has 2 aromatic rings. The van der Waals surface area contributed by atoms with E-state index >= 15 is 0 Å². The van der Waals surface area contributed by atoms with Crippen LogP contribution in [0.3, 0.4) is 0 Å². The van der Waals surface area contributed by atoms with Gasteiger partial charge in [0.1, 0.15) is 11.9 Å². The number of guanidine groups is 1. The molecule has 1 aliphatic rings. The third-order valence-electron chi connectivity index (χ3n) is 4.42. The van der Waals surface area contributed by atoms with Crippen LogP contribution in [0.25, 0.3) is 0 Å². The Morgan fingerprint density at radius 1 is 1.15 bits per heavy atom. The second-order valence-electron chi connectivity index (χ2n) is 6.19. The Morgan fingerprint density at radius 3 is 2.56 bits per heavy atom. The summed E-state index contributed by atoms with van der Waals surface area (Å²) < 4.78 is 11.2. The van der Waals surface area contributed by atoms with Crippen molar-refractivity contribution in [3.05, 3.63) is 54.2 Å². The number of methoxy groups -OCH3 is 1. The predicted octanol–water partition coefficient (Wildman–Crippen LogP) is 3.33. The van der Waals surface area contributed by atoms with Crippen LogP contribution in [0.15, 0.2) is 53.5 Å². The largest absolute Gasteiger partial charge is 0.490 e. The molecule has 7 heteroatoms. The van der Waals surface area contributed by atoms with E-state index in [-0.39, 0.29) is 30.1 Å². The SMILES string of the molecule is CN=C(NCc1cccc(OC)n1)N1CCC(Oc2ccccc2)CC1.I. The first-order valence-corrected chi connectivity index (χ1v) is 8.95. The number of piperidine rings is 1. The zero-order valence-electron chi connectivity index (χ0n) is 15.8. The summed E-state index contributed by atoms with van der Waals surface area (Å²) in [6, 6.07) is 15.8. The molecule has 27 heavy (non-hydrogen) atoms. The number of ether oxygens (including phenoxy) is 2. The highest BCUT2D eigenvalue weighted by atomic mass is 127. The van der Waals surface area contributed by atoms with Gasteiger partial charge in [0, 0.05) is 39.0 Å². The molecule has 1 fully saturated rings. The molecule has 0 spiro atoms. The van der Waals surface area contributed by atoms with Gasteiger partial charge in [0.05, 0.1) is 19.3 Å². The highest BCUT2D eigenvalue weighted by molar-refractivity contribution is 14.0. The van der Waals surface area contributed by atoms with Crippen molar-refractivity contribution in [3.63, 3.8) is 0 Å². The van der Waals surface area contributed by atoms with Gasteiger partial charge in [0.25, 0.3) is 0 Å². The number of hydrogen-bond acceptors (Lipinski definition) is 4. The summed E-state index contributed by atoms with van der Waals surface area (Å²) in [5.74, 6) is 2.46. The number of aromatic nitrogens is 1. The first-order valence-electron chi connectivity index (χ1n) is 8.95. The lowest BCUT2D eigenvalue weighted by atomic mass is 10.1. The fraction of sp³-hybridized carbons (Fsp3) is 0.400. The number of aliphatic imine (C=N–C) groups is 1. The third kappa shape index (κ3) is 6.27. The molecular weight excluding hydrogens is 455 g/mol. The summed E-state index contributed by atoms with van der Waals surface area (Å²) in [5, 5.41) is 3.39. The minimum atomic E-state index is 0. The molecule has 146 valence electrons. The lowest BCUT2D eigenvalue weighted by Crippen LogP contribution is -2.47. The number of likely N-dealkylation sites (tertiary alicyclic amines) is 1. The van der Waals surface area contributed by atoms with Gasteiger partial charge in [0.2, 0.25) is 5.88 Å². The maximum Gasteiger partial charge on any atom is 0.213 e. The van der Waals surface area contributed by atoms with Crippen molar-refractivity contribution in [1.29, 1.82) is 0 Å². The van der Waals surface area contributed by atoms with E-state index in [2.05, 4.69) is 20.2 Å². The van der Waals surface area contributed by atoms with Crippen LogP contribution in [0.2, 0.25) is 0 Å². The fourth-order valence-corrected chi connectivity index (χ4v) is 3.05. The first kappa shape index (κ1) is 21.3. The van der Waals surface area contributed by atoms with E-state index in [1.165, 1.54) is 0 Å². The van der Waals surface area contributed by atoms with E-state index in [0.717, 1.165) is 43.3 Å². The number of benzene rings is 1. The number of nitrogens with one attached hydrogen (secondary N) is 1. The molecule has 6 nitrogen and oxygen atoms in total. The molecule has 3 rings (SSSR count). The lowest BCUT2D eigenvalue weighted by molar-refractivity contribution is 0.129.